The lowest BCUT2D eigenvalue weighted by Gasteiger charge is -2.28. The number of methoxy groups -OCH3 is 1. The summed E-state index contributed by atoms with van der Waals surface area (Å²) >= 11 is 0. The summed E-state index contributed by atoms with van der Waals surface area (Å²) in [5.41, 5.74) is 1.47. The molecule has 0 spiro atoms. The van der Waals surface area contributed by atoms with Gasteiger partial charge in [0.2, 0.25) is 10.0 Å². The molecule has 8 heteroatoms. The Hall–Kier alpha value is -1.90. The first-order valence-corrected chi connectivity index (χ1v) is 9.97. The minimum atomic E-state index is -3.47. The number of nitrogens with one attached hydrogen (secondary N) is 1. The fourth-order valence-corrected chi connectivity index (χ4v) is 4.15. The Labute approximate surface area is 148 Å². The Bertz CT molecular complexity index is 754. The molecule has 7 nitrogen and oxygen atoms in total. The first-order chi connectivity index (χ1) is 12.1. The minimum absolute atomic E-state index is 0.000454. The van der Waals surface area contributed by atoms with E-state index in [0.717, 1.165) is 37.2 Å². The van der Waals surface area contributed by atoms with E-state index in [4.69, 9.17) is 9.26 Å². The first-order valence-electron chi connectivity index (χ1n) is 8.32. The van der Waals surface area contributed by atoms with Crippen LogP contribution in [0, 0.1) is 0 Å². The van der Waals surface area contributed by atoms with E-state index in [1.165, 1.54) is 6.26 Å². The molecule has 0 unspecified atom stereocenters. The van der Waals surface area contributed by atoms with Gasteiger partial charge in [-0.3, -0.25) is 4.90 Å². The third kappa shape index (κ3) is 4.81. The molecule has 1 fully saturated rings. The Morgan fingerprint density at radius 1 is 1.24 bits per heavy atom. The normalized spacial score (nSPS) is 16.8. The van der Waals surface area contributed by atoms with Crippen molar-refractivity contribution in [2.45, 2.75) is 24.6 Å². The van der Waals surface area contributed by atoms with Crippen LogP contribution in [0.4, 0.5) is 0 Å². The highest BCUT2D eigenvalue weighted by Gasteiger charge is 2.25. The summed E-state index contributed by atoms with van der Waals surface area (Å²) in [6.07, 6.45) is 3.64. The van der Waals surface area contributed by atoms with Crippen LogP contribution in [0.15, 0.2) is 41.1 Å². The lowest BCUT2D eigenvalue weighted by molar-refractivity contribution is 0.246. The molecule has 0 saturated carbocycles. The van der Waals surface area contributed by atoms with E-state index in [-0.39, 0.29) is 11.8 Å². The Morgan fingerprint density at radius 2 is 1.96 bits per heavy atom. The predicted octanol–water partition coefficient (Wildman–Crippen LogP) is 1.94. The van der Waals surface area contributed by atoms with Crippen molar-refractivity contribution in [2.75, 3.05) is 26.7 Å². The Morgan fingerprint density at radius 3 is 2.56 bits per heavy atom. The first kappa shape index (κ1) is 17.9. The van der Waals surface area contributed by atoms with Gasteiger partial charge in [-0.25, -0.2) is 13.1 Å². The molecule has 1 aliphatic rings. The summed E-state index contributed by atoms with van der Waals surface area (Å²) in [6.45, 7) is 2.27. The average Bonchev–Trinajstić information content (AvgIpc) is 3.29. The molecule has 0 aliphatic carbocycles. The second kappa shape index (κ2) is 7.99. The maximum atomic E-state index is 12.3. The molecule has 1 aromatic heterocycles. The number of rotatable bonds is 8. The number of ether oxygens (including phenoxy) is 1. The topological polar surface area (TPSA) is 84.7 Å². The zero-order chi connectivity index (χ0) is 17.7. The molecule has 1 atom stereocenters. The van der Waals surface area contributed by atoms with Crippen molar-refractivity contribution in [2.24, 2.45) is 0 Å². The van der Waals surface area contributed by atoms with E-state index in [9.17, 15) is 8.42 Å². The number of hydrogen-bond donors (Lipinski definition) is 1. The van der Waals surface area contributed by atoms with Gasteiger partial charge >= 0.3 is 0 Å². The number of nitrogens with zero attached hydrogens (tertiary/aromatic N) is 2. The molecule has 0 amide bonds. The average molecular weight is 365 g/mol. The predicted molar refractivity (Wildman–Crippen MR) is 93.7 cm³/mol. The van der Waals surface area contributed by atoms with Crippen molar-refractivity contribution >= 4 is 10.0 Å². The fourth-order valence-electron chi connectivity index (χ4n) is 3.10. The number of likely N-dealkylation sites (tertiary alicyclic amines) is 1. The lowest BCUT2D eigenvalue weighted by Crippen LogP contribution is -2.37. The summed E-state index contributed by atoms with van der Waals surface area (Å²) in [6, 6.07) is 9.35. The number of benzene rings is 1. The zero-order valence-electron chi connectivity index (χ0n) is 14.2. The molecule has 1 saturated heterocycles. The SMILES string of the molecule is COc1ccc([C@H](CNS(=O)(=O)Cc2ccon2)N2CCCC2)cc1. The van der Waals surface area contributed by atoms with Gasteiger partial charge in [-0.1, -0.05) is 17.3 Å². The quantitative estimate of drug-likeness (QED) is 0.770. The van der Waals surface area contributed by atoms with E-state index >= 15 is 0 Å². The molecular weight excluding hydrogens is 342 g/mol. The van der Waals surface area contributed by atoms with Gasteiger partial charge < -0.3 is 9.26 Å². The van der Waals surface area contributed by atoms with Crippen LogP contribution in [-0.4, -0.2) is 45.2 Å². The van der Waals surface area contributed by atoms with E-state index in [0.29, 0.717) is 12.2 Å². The molecule has 3 rings (SSSR count). The van der Waals surface area contributed by atoms with Gasteiger partial charge in [-0.05, 0) is 43.6 Å². The van der Waals surface area contributed by atoms with Crippen LogP contribution in [-0.2, 0) is 15.8 Å². The molecule has 2 aromatic rings. The molecule has 1 N–H and O–H groups in total. The van der Waals surface area contributed by atoms with E-state index in [1.807, 2.05) is 24.3 Å². The smallest absolute Gasteiger partial charge is 0.217 e. The largest absolute Gasteiger partial charge is 0.497 e. The number of sulfonamides is 1. The van der Waals surface area contributed by atoms with Crippen molar-refractivity contribution in [3.8, 4) is 5.75 Å². The molecule has 1 aliphatic heterocycles. The molecule has 1 aromatic carbocycles. The fraction of sp³-hybridized carbons (Fsp3) is 0.471. The maximum Gasteiger partial charge on any atom is 0.217 e. The molecular formula is C17H23N3O4S. The van der Waals surface area contributed by atoms with Gasteiger partial charge in [0.1, 0.15) is 17.8 Å². The van der Waals surface area contributed by atoms with Gasteiger partial charge in [0, 0.05) is 18.7 Å². The van der Waals surface area contributed by atoms with Crippen molar-refractivity contribution in [3.05, 3.63) is 47.9 Å². The Kier molecular flexibility index (Phi) is 5.72. The lowest BCUT2D eigenvalue weighted by atomic mass is 10.1. The second-order valence-corrected chi connectivity index (χ2v) is 7.94. The highest BCUT2D eigenvalue weighted by molar-refractivity contribution is 7.88. The van der Waals surface area contributed by atoms with E-state index in [1.54, 1.807) is 13.2 Å². The molecule has 0 radical (unpaired) electrons. The third-order valence-corrected chi connectivity index (χ3v) is 5.69. The van der Waals surface area contributed by atoms with Crippen molar-refractivity contribution in [3.63, 3.8) is 0 Å². The van der Waals surface area contributed by atoms with Crippen LogP contribution in [0.5, 0.6) is 5.75 Å². The summed E-state index contributed by atoms with van der Waals surface area (Å²) in [5.74, 6) is 0.606. The van der Waals surface area contributed by atoms with Crippen LogP contribution >= 0.6 is 0 Å². The summed E-state index contributed by atoms with van der Waals surface area (Å²) in [5, 5.41) is 3.66. The van der Waals surface area contributed by atoms with E-state index in [2.05, 4.69) is 14.8 Å². The van der Waals surface area contributed by atoms with Crippen LogP contribution in [0.2, 0.25) is 0 Å². The third-order valence-electron chi connectivity index (χ3n) is 4.41. The second-order valence-electron chi connectivity index (χ2n) is 6.13. The van der Waals surface area contributed by atoms with Crippen LogP contribution in [0.3, 0.4) is 0 Å². The van der Waals surface area contributed by atoms with Crippen molar-refractivity contribution in [1.29, 1.82) is 0 Å². The molecule has 0 bridgehead atoms. The van der Waals surface area contributed by atoms with E-state index < -0.39 is 10.0 Å². The van der Waals surface area contributed by atoms with Gasteiger partial charge in [0.05, 0.1) is 12.8 Å². The highest BCUT2D eigenvalue weighted by Crippen LogP contribution is 2.26. The van der Waals surface area contributed by atoms with Crippen LogP contribution in [0.25, 0.3) is 0 Å². The van der Waals surface area contributed by atoms with Gasteiger partial charge in [0.15, 0.2) is 0 Å². The van der Waals surface area contributed by atoms with Crippen LogP contribution in [0.1, 0.15) is 30.1 Å². The van der Waals surface area contributed by atoms with Gasteiger partial charge in [-0.2, -0.15) is 0 Å². The Balaban J connectivity index is 1.71. The molecule has 136 valence electrons. The van der Waals surface area contributed by atoms with Crippen molar-refractivity contribution in [1.82, 2.24) is 14.8 Å². The number of hydrogen-bond acceptors (Lipinski definition) is 6. The monoisotopic (exact) mass is 365 g/mol. The number of aromatic nitrogens is 1. The van der Waals surface area contributed by atoms with Crippen LogP contribution < -0.4 is 9.46 Å². The summed E-state index contributed by atoms with van der Waals surface area (Å²) in [4.78, 5) is 2.32. The molecule has 25 heavy (non-hydrogen) atoms. The van der Waals surface area contributed by atoms with Gasteiger partial charge in [-0.15, -0.1) is 0 Å². The summed E-state index contributed by atoms with van der Waals surface area (Å²) < 4.78 is 37.3. The standard InChI is InChI=1S/C17H23N3O4S/c1-23-16-6-4-14(5-7-16)17(20-9-2-3-10-20)12-18-25(21,22)13-15-8-11-24-19-15/h4-8,11,17-18H,2-3,9-10,12-13H2,1H3/t17-/m0/s1. The zero-order valence-corrected chi connectivity index (χ0v) is 15.0. The molecule has 2 heterocycles. The van der Waals surface area contributed by atoms with Crippen molar-refractivity contribution < 1.29 is 17.7 Å². The summed E-state index contributed by atoms with van der Waals surface area (Å²) in [7, 11) is -1.84. The minimum Gasteiger partial charge on any atom is -0.497 e. The maximum absolute atomic E-state index is 12.3. The highest BCUT2D eigenvalue weighted by atomic mass is 32.2. The van der Waals surface area contributed by atoms with Gasteiger partial charge in [0.25, 0.3) is 0 Å².